The van der Waals surface area contributed by atoms with Crippen LogP contribution in [0.1, 0.15) is 6.42 Å². The highest BCUT2D eigenvalue weighted by molar-refractivity contribution is 6.06. The number of nitrogen functional groups attached to an aromatic ring is 1. The molecule has 4 N–H and O–H groups in total. The number of anilines is 2. The Morgan fingerprint density at radius 3 is 2.57 bits per heavy atom. The van der Waals surface area contributed by atoms with Crippen molar-refractivity contribution in [2.24, 2.45) is 0 Å². The maximum absolute atomic E-state index is 14.2. The number of furan rings is 1. The van der Waals surface area contributed by atoms with Crippen LogP contribution in [0.15, 0.2) is 16.5 Å². The summed E-state index contributed by atoms with van der Waals surface area (Å²) in [7, 11) is 1.90. The van der Waals surface area contributed by atoms with Crippen LogP contribution in [0, 0.1) is 11.6 Å². The summed E-state index contributed by atoms with van der Waals surface area (Å²) < 4.78 is 65.1. The molecule has 0 unspecified atom stereocenters. The highest BCUT2D eigenvalue weighted by Crippen LogP contribution is 2.36. The maximum atomic E-state index is 14.2. The molecule has 1 aliphatic heterocycles. The van der Waals surface area contributed by atoms with Crippen LogP contribution in [-0.2, 0) is 4.79 Å². The third-order valence-electron chi connectivity index (χ3n) is 4.51. The van der Waals surface area contributed by atoms with Gasteiger partial charge in [0.05, 0.1) is 5.39 Å². The van der Waals surface area contributed by atoms with Crippen LogP contribution in [0.2, 0.25) is 0 Å². The number of carboxylic acid groups (broad SMARTS) is 1. The third kappa shape index (κ3) is 4.06. The SMILES string of the molecule is CN[C@@H]1CCN(c2nc(N)nc3c2oc2ccc(F)c(F)c23)C1.O=C(O)C(F)(F)F. The predicted octanol–water partition coefficient (Wildman–Crippen LogP) is 2.67. The van der Waals surface area contributed by atoms with Crippen LogP contribution in [0.25, 0.3) is 22.1 Å². The molecule has 0 aliphatic carbocycles. The van der Waals surface area contributed by atoms with E-state index in [0.29, 0.717) is 17.4 Å². The Hall–Kier alpha value is -3.22. The Morgan fingerprint density at radius 1 is 1.33 bits per heavy atom. The average molecular weight is 433 g/mol. The van der Waals surface area contributed by atoms with Crippen LogP contribution in [0.5, 0.6) is 0 Å². The molecule has 0 amide bonds. The molecule has 162 valence electrons. The molecular weight excluding hydrogens is 417 g/mol. The van der Waals surface area contributed by atoms with Gasteiger partial charge in [-0.15, -0.1) is 0 Å². The number of rotatable bonds is 2. The fourth-order valence-corrected chi connectivity index (χ4v) is 3.07. The van der Waals surface area contributed by atoms with Crippen molar-refractivity contribution in [3.63, 3.8) is 0 Å². The Labute approximate surface area is 165 Å². The smallest absolute Gasteiger partial charge is 0.475 e. The van der Waals surface area contributed by atoms with Gasteiger partial charge in [0.25, 0.3) is 0 Å². The molecule has 30 heavy (non-hydrogen) atoms. The van der Waals surface area contributed by atoms with Crippen LogP contribution < -0.4 is 16.0 Å². The highest BCUT2D eigenvalue weighted by Gasteiger charge is 2.38. The summed E-state index contributed by atoms with van der Waals surface area (Å²) in [4.78, 5) is 19.2. The lowest BCUT2D eigenvalue weighted by molar-refractivity contribution is -0.192. The number of carbonyl (C=O) groups is 1. The number of aromatic nitrogens is 2. The molecule has 4 rings (SSSR count). The lowest BCUT2D eigenvalue weighted by Crippen LogP contribution is -2.30. The zero-order valence-electron chi connectivity index (χ0n) is 15.4. The molecule has 0 bridgehead atoms. The van der Waals surface area contributed by atoms with Crippen molar-refractivity contribution in [3.8, 4) is 0 Å². The van der Waals surface area contributed by atoms with E-state index in [1.54, 1.807) is 0 Å². The van der Waals surface area contributed by atoms with Gasteiger partial charge in [0.15, 0.2) is 23.0 Å². The van der Waals surface area contributed by atoms with E-state index in [0.717, 1.165) is 25.6 Å². The number of nitrogens with two attached hydrogens (primary N) is 1. The van der Waals surface area contributed by atoms with Crippen molar-refractivity contribution >= 4 is 39.8 Å². The quantitative estimate of drug-likeness (QED) is 0.528. The van der Waals surface area contributed by atoms with Gasteiger partial charge in [-0.3, -0.25) is 0 Å². The van der Waals surface area contributed by atoms with Crippen LogP contribution in [-0.4, -0.2) is 53.4 Å². The lowest BCUT2D eigenvalue weighted by Gasteiger charge is -2.17. The highest BCUT2D eigenvalue weighted by atomic mass is 19.4. The van der Waals surface area contributed by atoms with Crippen molar-refractivity contribution in [1.82, 2.24) is 15.3 Å². The number of fused-ring (bicyclic) bond motifs is 3. The zero-order chi connectivity index (χ0) is 22.2. The van der Waals surface area contributed by atoms with Gasteiger partial charge >= 0.3 is 12.1 Å². The normalized spacial score (nSPS) is 16.7. The number of carboxylic acids is 1. The van der Waals surface area contributed by atoms with E-state index in [4.69, 9.17) is 20.1 Å². The van der Waals surface area contributed by atoms with E-state index < -0.39 is 23.8 Å². The van der Waals surface area contributed by atoms with Gasteiger partial charge in [0, 0.05) is 19.1 Å². The van der Waals surface area contributed by atoms with Gasteiger partial charge in [0.1, 0.15) is 11.1 Å². The van der Waals surface area contributed by atoms with E-state index in [2.05, 4.69) is 15.3 Å². The molecule has 3 heterocycles. The largest absolute Gasteiger partial charge is 0.490 e. The van der Waals surface area contributed by atoms with Gasteiger partial charge < -0.3 is 25.5 Å². The summed E-state index contributed by atoms with van der Waals surface area (Å²) in [6.45, 7) is 1.50. The molecule has 2 aromatic heterocycles. The molecule has 8 nitrogen and oxygen atoms in total. The Morgan fingerprint density at radius 2 is 2.00 bits per heavy atom. The van der Waals surface area contributed by atoms with Gasteiger partial charge in [-0.25, -0.2) is 18.6 Å². The first-order chi connectivity index (χ1) is 14.0. The number of aliphatic carboxylic acids is 1. The van der Waals surface area contributed by atoms with Gasteiger partial charge in [-0.1, -0.05) is 0 Å². The molecular formula is C17H16F5N5O3. The Kier molecular flexibility index (Phi) is 5.65. The van der Waals surface area contributed by atoms with Crippen LogP contribution in [0.3, 0.4) is 0 Å². The number of hydrogen-bond donors (Lipinski definition) is 3. The monoisotopic (exact) mass is 433 g/mol. The van der Waals surface area contributed by atoms with Gasteiger partial charge in [0.2, 0.25) is 5.95 Å². The standard InChI is InChI=1S/C15H15F2N5O.C2HF3O2/c1-19-7-4-5-22(6-7)14-13-12(20-15(18)21-14)10-9(23-13)3-2-8(16)11(10)17;3-2(4,5)1(6)7/h2-3,7,19H,4-6H2,1H3,(H2,18,20,21);(H,6,7)/t7-;/m1./s1. The fraction of sp³-hybridized carbons (Fsp3) is 0.353. The number of nitrogens with one attached hydrogen (secondary N) is 1. The number of benzene rings is 1. The molecule has 0 radical (unpaired) electrons. The van der Waals surface area contributed by atoms with Gasteiger partial charge in [-0.2, -0.15) is 18.2 Å². The van der Waals surface area contributed by atoms with Crippen molar-refractivity contribution in [2.75, 3.05) is 30.8 Å². The van der Waals surface area contributed by atoms with E-state index in [-0.39, 0.29) is 22.4 Å². The molecule has 1 fully saturated rings. The molecule has 1 atom stereocenters. The predicted molar refractivity (Wildman–Crippen MR) is 97.0 cm³/mol. The van der Waals surface area contributed by atoms with Crippen LogP contribution >= 0.6 is 0 Å². The summed E-state index contributed by atoms with van der Waals surface area (Å²) in [5, 5.41) is 10.3. The molecule has 13 heteroatoms. The summed E-state index contributed by atoms with van der Waals surface area (Å²) >= 11 is 0. The topological polar surface area (TPSA) is 118 Å². The second kappa shape index (κ2) is 7.89. The summed E-state index contributed by atoms with van der Waals surface area (Å²) in [6.07, 6.45) is -4.13. The van der Waals surface area contributed by atoms with E-state index in [9.17, 15) is 22.0 Å². The van der Waals surface area contributed by atoms with Gasteiger partial charge in [-0.05, 0) is 25.6 Å². The number of halogens is 5. The van der Waals surface area contributed by atoms with E-state index in [1.807, 2.05) is 11.9 Å². The van der Waals surface area contributed by atoms with Crippen molar-refractivity contribution in [2.45, 2.75) is 18.6 Å². The van der Waals surface area contributed by atoms with E-state index >= 15 is 0 Å². The van der Waals surface area contributed by atoms with Crippen molar-refractivity contribution < 1.29 is 36.3 Å². The second-order valence-electron chi connectivity index (χ2n) is 6.44. The average Bonchev–Trinajstić information content (AvgIpc) is 3.28. The fourth-order valence-electron chi connectivity index (χ4n) is 3.07. The first-order valence-corrected chi connectivity index (χ1v) is 8.59. The Bertz CT molecular complexity index is 1100. The lowest BCUT2D eigenvalue weighted by atomic mass is 10.2. The second-order valence-corrected chi connectivity index (χ2v) is 6.44. The Balaban J connectivity index is 0.000000318. The molecule has 0 saturated carbocycles. The summed E-state index contributed by atoms with van der Waals surface area (Å²) in [5.41, 5.74) is 6.53. The number of likely N-dealkylation sites (N-methyl/N-ethyl adjacent to an activating group) is 1. The zero-order valence-corrected chi connectivity index (χ0v) is 15.4. The minimum Gasteiger partial charge on any atom is -0.475 e. The molecule has 0 spiro atoms. The van der Waals surface area contributed by atoms with Crippen molar-refractivity contribution in [3.05, 3.63) is 23.8 Å². The molecule has 1 aromatic carbocycles. The molecule has 1 aliphatic rings. The number of nitrogens with zero attached hydrogens (tertiary/aromatic N) is 3. The van der Waals surface area contributed by atoms with E-state index in [1.165, 1.54) is 6.07 Å². The third-order valence-corrected chi connectivity index (χ3v) is 4.51. The minimum absolute atomic E-state index is 0.000265. The molecule has 3 aromatic rings. The number of hydrogen-bond acceptors (Lipinski definition) is 7. The molecule has 1 saturated heterocycles. The first-order valence-electron chi connectivity index (χ1n) is 8.59. The van der Waals surface area contributed by atoms with Crippen molar-refractivity contribution in [1.29, 1.82) is 0 Å². The van der Waals surface area contributed by atoms with Crippen LogP contribution in [0.4, 0.5) is 33.7 Å². The first kappa shape index (κ1) is 21.5. The summed E-state index contributed by atoms with van der Waals surface area (Å²) in [6, 6.07) is 2.75. The minimum atomic E-state index is -5.08. The maximum Gasteiger partial charge on any atom is 0.490 e. The summed E-state index contributed by atoms with van der Waals surface area (Å²) in [5.74, 6) is -4.17. The number of alkyl halides is 3.